The van der Waals surface area contributed by atoms with E-state index in [1.165, 1.54) is 0 Å². The monoisotopic (exact) mass is 636 g/mol. The molecule has 45 heavy (non-hydrogen) atoms. The number of hydrogen-bond acceptors (Lipinski definition) is 10. The van der Waals surface area contributed by atoms with Crippen molar-refractivity contribution in [2.45, 2.75) is 160 Å². The second-order valence-corrected chi connectivity index (χ2v) is 18.5. The van der Waals surface area contributed by atoms with Crippen LogP contribution in [0.15, 0.2) is 0 Å². The summed E-state index contributed by atoms with van der Waals surface area (Å²) in [6.07, 6.45) is -1.84. The molecule has 10 nitrogen and oxygen atoms in total. The standard InChI is InChI=1S/C35H56O10/c1-16-12-18-27(30(4,5)41)45-35(44-18)14-32(7)26-22(39)21(38)25-29(2,3)19(43-28-23(40)20(37)17(36)13-42-28)8-9-33(25)15-34(26,33)11-10-31(32,6)24(16)35/h16-28,36-41H,8-15H2,1-7H3/t16-,17-,18-,19+,20+,21+,22+,23-,24-,25+,26+,27+,28+,31-,32+,33-,34+,35-/m1/s1. The van der Waals surface area contributed by atoms with E-state index in [-0.39, 0.29) is 58.2 Å². The van der Waals surface area contributed by atoms with Gasteiger partial charge in [-0.05, 0) is 91.3 Å². The van der Waals surface area contributed by atoms with Crippen LogP contribution < -0.4 is 0 Å². The van der Waals surface area contributed by atoms with Crippen molar-refractivity contribution in [3.05, 3.63) is 0 Å². The van der Waals surface area contributed by atoms with Gasteiger partial charge >= 0.3 is 0 Å². The quantitative estimate of drug-likeness (QED) is 0.254. The molecule has 3 spiro atoms. The van der Waals surface area contributed by atoms with E-state index in [4.69, 9.17) is 18.9 Å². The molecule has 3 saturated heterocycles. The number of fused-ring (bicyclic) bond motifs is 4. The average Bonchev–Trinajstić information content (AvgIpc) is 3.37. The zero-order chi connectivity index (χ0) is 32.5. The first kappa shape index (κ1) is 31.8. The topological polar surface area (TPSA) is 158 Å². The lowest BCUT2D eigenvalue weighted by Gasteiger charge is -2.65. The second-order valence-electron chi connectivity index (χ2n) is 18.5. The maximum absolute atomic E-state index is 12.4. The third-order valence-corrected chi connectivity index (χ3v) is 15.7. The predicted molar refractivity (Wildman–Crippen MR) is 160 cm³/mol. The Balaban J connectivity index is 1.12. The Hall–Kier alpha value is -0.400. The molecule has 18 atom stereocenters. The summed E-state index contributed by atoms with van der Waals surface area (Å²) >= 11 is 0. The van der Waals surface area contributed by atoms with Gasteiger partial charge in [0, 0.05) is 18.3 Å². The highest BCUT2D eigenvalue weighted by atomic mass is 16.8. The molecule has 6 N–H and O–H groups in total. The van der Waals surface area contributed by atoms with Crippen LogP contribution in [-0.4, -0.2) is 104 Å². The first-order chi connectivity index (χ1) is 20.8. The predicted octanol–water partition coefficient (Wildman–Crippen LogP) is 2.09. The lowest BCUT2D eigenvalue weighted by Crippen LogP contribution is -2.67. The van der Waals surface area contributed by atoms with Crippen molar-refractivity contribution in [2.24, 2.45) is 50.7 Å². The Morgan fingerprint density at radius 3 is 2.11 bits per heavy atom. The number of aliphatic hydroxyl groups excluding tert-OH is 5. The molecule has 5 saturated carbocycles. The maximum Gasteiger partial charge on any atom is 0.186 e. The highest BCUT2D eigenvalue weighted by molar-refractivity contribution is 5.35. The summed E-state index contributed by atoms with van der Waals surface area (Å²) in [4.78, 5) is 0. The molecule has 5 aliphatic carbocycles. The van der Waals surface area contributed by atoms with Gasteiger partial charge in [0.1, 0.15) is 24.4 Å². The molecule has 256 valence electrons. The third-order valence-electron chi connectivity index (χ3n) is 15.7. The molecule has 8 aliphatic rings. The highest BCUT2D eigenvalue weighted by Crippen LogP contribution is 2.90. The zero-order valence-corrected chi connectivity index (χ0v) is 28.0. The normalized spacial score (nSPS) is 62.7. The summed E-state index contributed by atoms with van der Waals surface area (Å²) in [5, 5.41) is 66.5. The van der Waals surface area contributed by atoms with Gasteiger partial charge in [0.15, 0.2) is 12.1 Å². The van der Waals surface area contributed by atoms with Crippen molar-refractivity contribution < 1.29 is 49.6 Å². The fraction of sp³-hybridized carbons (Fsp3) is 1.00. The van der Waals surface area contributed by atoms with E-state index in [0.717, 1.165) is 32.1 Å². The molecule has 0 aromatic heterocycles. The van der Waals surface area contributed by atoms with E-state index in [0.29, 0.717) is 18.8 Å². The van der Waals surface area contributed by atoms with E-state index in [1.807, 2.05) is 13.8 Å². The Labute approximate surface area is 266 Å². The lowest BCUT2D eigenvalue weighted by molar-refractivity contribution is -0.311. The molecule has 0 unspecified atom stereocenters. The average molecular weight is 637 g/mol. The van der Waals surface area contributed by atoms with Gasteiger partial charge in [-0.15, -0.1) is 0 Å². The molecule has 0 aromatic rings. The van der Waals surface area contributed by atoms with E-state index in [9.17, 15) is 30.6 Å². The van der Waals surface area contributed by atoms with Crippen LogP contribution in [-0.2, 0) is 18.9 Å². The molecule has 0 radical (unpaired) electrons. The zero-order valence-electron chi connectivity index (χ0n) is 28.0. The first-order valence-corrected chi connectivity index (χ1v) is 17.6. The number of ether oxygens (including phenoxy) is 4. The molecule has 2 bridgehead atoms. The fourth-order valence-corrected chi connectivity index (χ4v) is 14.1. The molecule has 8 rings (SSSR count). The highest BCUT2D eigenvalue weighted by Gasteiger charge is 2.88. The molecule has 3 heterocycles. The van der Waals surface area contributed by atoms with Crippen LogP contribution in [0.2, 0.25) is 0 Å². The van der Waals surface area contributed by atoms with Crippen molar-refractivity contribution in [3.63, 3.8) is 0 Å². The van der Waals surface area contributed by atoms with Crippen LogP contribution in [0.4, 0.5) is 0 Å². The Morgan fingerprint density at radius 2 is 1.42 bits per heavy atom. The van der Waals surface area contributed by atoms with Crippen LogP contribution in [0, 0.1) is 50.7 Å². The van der Waals surface area contributed by atoms with Crippen LogP contribution in [0.1, 0.15) is 93.4 Å². The summed E-state index contributed by atoms with van der Waals surface area (Å²) in [7, 11) is 0. The van der Waals surface area contributed by atoms with E-state index >= 15 is 0 Å². The van der Waals surface area contributed by atoms with E-state index in [1.54, 1.807) is 0 Å². The van der Waals surface area contributed by atoms with Gasteiger partial charge in [0.2, 0.25) is 0 Å². The Kier molecular flexibility index (Phi) is 6.53. The van der Waals surface area contributed by atoms with Crippen molar-refractivity contribution in [2.75, 3.05) is 6.61 Å². The molecular weight excluding hydrogens is 580 g/mol. The molecule has 0 aromatic carbocycles. The van der Waals surface area contributed by atoms with Gasteiger partial charge in [-0.1, -0.05) is 34.6 Å². The van der Waals surface area contributed by atoms with Crippen molar-refractivity contribution in [3.8, 4) is 0 Å². The van der Waals surface area contributed by atoms with Gasteiger partial charge in [0.05, 0.1) is 36.6 Å². The smallest absolute Gasteiger partial charge is 0.186 e. The minimum atomic E-state index is -1.38. The van der Waals surface area contributed by atoms with Crippen LogP contribution in [0.3, 0.4) is 0 Å². The third kappa shape index (κ3) is 3.66. The minimum Gasteiger partial charge on any atom is -0.390 e. The van der Waals surface area contributed by atoms with Crippen LogP contribution >= 0.6 is 0 Å². The van der Waals surface area contributed by atoms with Crippen molar-refractivity contribution in [1.29, 1.82) is 0 Å². The van der Waals surface area contributed by atoms with Gasteiger partial charge in [-0.3, -0.25) is 0 Å². The minimum absolute atomic E-state index is 0.116. The van der Waals surface area contributed by atoms with Gasteiger partial charge in [-0.25, -0.2) is 0 Å². The Bertz CT molecular complexity index is 1240. The summed E-state index contributed by atoms with van der Waals surface area (Å²) in [5.74, 6) is -0.684. The summed E-state index contributed by atoms with van der Waals surface area (Å²) in [5.41, 5.74) is -2.36. The van der Waals surface area contributed by atoms with Crippen molar-refractivity contribution in [1.82, 2.24) is 0 Å². The molecule has 3 aliphatic heterocycles. The largest absolute Gasteiger partial charge is 0.390 e. The lowest BCUT2D eigenvalue weighted by atomic mass is 9.40. The van der Waals surface area contributed by atoms with Gasteiger partial charge in [-0.2, -0.15) is 0 Å². The fourth-order valence-electron chi connectivity index (χ4n) is 14.1. The van der Waals surface area contributed by atoms with Crippen LogP contribution in [0.5, 0.6) is 0 Å². The summed E-state index contributed by atoms with van der Waals surface area (Å²) in [6.45, 7) is 14.7. The van der Waals surface area contributed by atoms with Gasteiger partial charge in [0.25, 0.3) is 0 Å². The van der Waals surface area contributed by atoms with E-state index < -0.39 is 59.7 Å². The number of hydrogen-bond donors (Lipinski definition) is 6. The molecule has 10 heteroatoms. The molecule has 8 fully saturated rings. The summed E-state index contributed by atoms with van der Waals surface area (Å²) in [6, 6.07) is 0. The van der Waals surface area contributed by atoms with Crippen LogP contribution in [0.25, 0.3) is 0 Å². The SMILES string of the molecule is C[C@@H]1C[C@H]2O[C@]3(C[C@@]4(C)[C@@H]5[C@@H](O)[C@H](O)[C@H]6C(C)(C)[C@@H](O[C@@H]7OC[C@@H](O)[C@H](O)[C@H]7O)CC[C@@]67C[C@@]57CC[C@]4(C)[C@@H]13)O[C@@H]2C(C)(C)O. The van der Waals surface area contributed by atoms with Crippen molar-refractivity contribution >= 4 is 0 Å². The van der Waals surface area contributed by atoms with E-state index in [2.05, 4.69) is 34.6 Å². The Morgan fingerprint density at radius 1 is 0.756 bits per heavy atom. The maximum atomic E-state index is 12.4. The van der Waals surface area contributed by atoms with Gasteiger partial charge < -0.3 is 49.6 Å². The first-order valence-electron chi connectivity index (χ1n) is 17.6. The number of aliphatic hydroxyl groups is 6. The molecular formula is C35H56O10. The molecule has 0 amide bonds. The summed E-state index contributed by atoms with van der Waals surface area (Å²) < 4.78 is 25.7. The second kappa shape index (κ2) is 9.23. The number of rotatable bonds is 3.